The Bertz CT molecular complexity index is 951. The zero-order chi connectivity index (χ0) is 28.7. The lowest BCUT2D eigenvalue weighted by Crippen LogP contribution is -2.01. The summed E-state index contributed by atoms with van der Waals surface area (Å²) < 4.78 is 21.5. The molecule has 8 heteroatoms. The van der Waals surface area contributed by atoms with Crippen molar-refractivity contribution in [3.05, 3.63) is 73.8 Å². The Hall–Kier alpha value is -3.94. The van der Waals surface area contributed by atoms with E-state index in [1.165, 1.54) is 12.2 Å². The molecule has 2 aromatic rings. The monoisotopic (exact) mass is 550 g/mol. The lowest BCUT2D eigenvalue weighted by atomic mass is 10.1. The highest BCUT2D eigenvalue weighted by Crippen LogP contribution is 2.23. The number of hydrogen-bond donors (Lipinski definition) is 0. The first-order chi connectivity index (χ1) is 19.6. The van der Waals surface area contributed by atoms with Crippen LogP contribution in [0.3, 0.4) is 0 Å². The molecule has 2 aromatic carbocycles. The average molecular weight is 551 g/mol. The van der Waals surface area contributed by atoms with Gasteiger partial charge in [0.25, 0.3) is 0 Å². The lowest BCUT2D eigenvalue weighted by Gasteiger charge is -2.07. The number of azo groups is 1. The normalized spacial score (nSPS) is 10.7. The molecule has 0 saturated heterocycles. The van der Waals surface area contributed by atoms with Gasteiger partial charge in [-0.2, -0.15) is 10.2 Å². The van der Waals surface area contributed by atoms with Crippen LogP contribution >= 0.6 is 0 Å². The zero-order valence-corrected chi connectivity index (χ0v) is 23.4. The summed E-state index contributed by atoms with van der Waals surface area (Å²) in [5, 5.41) is 8.60. The Morgan fingerprint density at radius 1 is 0.525 bits per heavy atom. The Labute approximate surface area is 238 Å². The maximum atomic E-state index is 11.0. The van der Waals surface area contributed by atoms with E-state index in [4.69, 9.17) is 18.9 Å². The molecule has 0 aliphatic rings. The van der Waals surface area contributed by atoms with Gasteiger partial charge in [0.05, 0.1) is 37.8 Å². The van der Waals surface area contributed by atoms with Crippen LogP contribution in [0.1, 0.15) is 64.2 Å². The minimum Gasteiger partial charge on any atom is -0.494 e. The third kappa shape index (κ3) is 15.5. The largest absolute Gasteiger partial charge is 0.494 e. The van der Waals surface area contributed by atoms with Crippen LogP contribution in [0.5, 0.6) is 11.5 Å². The number of unbranched alkanes of at least 4 members (excludes halogenated alkanes) is 8. The van der Waals surface area contributed by atoms with E-state index in [0.717, 1.165) is 87.1 Å². The lowest BCUT2D eigenvalue weighted by molar-refractivity contribution is -0.138. The second-order valence-corrected chi connectivity index (χ2v) is 9.16. The molecule has 0 spiro atoms. The van der Waals surface area contributed by atoms with Gasteiger partial charge in [0.1, 0.15) is 11.5 Å². The number of hydrogen-bond acceptors (Lipinski definition) is 8. The number of carbonyl (C=O) groups is 2. The summed E-state index contributed by atoms with van der Waals surface area (Å²) in [6, 6.07) is 15.1. The molecule has 0 aromatic heterocycles. The van der Waals surface area contributed by atoms with Gasteiger partial charge in [-0.1, -0.05) is 51.7 Å². The van der Waals surface area contributed by atoms with Gasteiger partial charge in [0.15, 0.2) is 0 Å². The fourth-order valence-electron chi connectivity index (χ4n) is 3.65. The van der Waals surface area contributed by atoms with E-state index in [1.807, 2.05) is 48.5 Å². The first-order valence-corrected chi connectivity index (χ1v) is 14.1. The van der Waals surface area contributed by atoms with Crippen LogP contribution in [0.2, 0.25) is 0 Å². The van der Waals surface area contributed by atoms with Crippen LogP contribution in [-0.2, 0) is 19.1 Å². The van der Waals surface area contributed by atoms with Gasteiger partial charge >= 0.3 is 11.9 Å². The fraction of sp³-hybridized carbons (Fsp3) is 0.438. The molecule has 40 heavy (non-hydrogen) atoms. The van der Waals surface area contributed by atoms with E-state index in [9.17, 15) is 9.59 Å². The van der Waals surface area contributed by atoms with Gasteiger partial charge in [-0.3, -0.25) is 0 Å². The Balaban J connectivity index is 1.53. The van der Waals surface area contributed by atoms with E-state index in [0.29, 0.717) is 26.4 Å². The molecular formula is C32H42N2O6. The highest BCUT2D eigenvalue weighted by atomic mass is 16.5. The van der Waals surface area contributed by atoms with Gasteiger partial charge < -0.3 is 18.9 Å². The minimum atomic E-state index is -0.362. The van der Waals surface area contributed by atoms with Crippen molar-refractivity contribution in [2.45, 2.75) is 64.2 Å². The smallest absolute Gasteiger partial charge is 0.330 e. The summed E-state index contributed by atoms with van der Waals surface area (Å²) in [6.07, 6.45) is 12.4. The fourth-order valence-corrected chi connectivity index (χ4v) is 3.65. The first kappa shape index (κ1) is 32.3. The number of ether oxygens (including phenoxy) is 4. The molecule has 0 saturated carbocycles. The number of carbonyl (C=O) groups excluding carboxylic acids is 2. The Kier molecular flexibility index (Phi) is 16.9. The van der Waals surface area contributed by atoms with Crippen molar-refractivity contribution in [3.63, 3.8) is 0 Å². The molecule has 0 heterocycles. The summed E-state index contributed by atoms with van der Waals surface area (Å²) in [5.41, 5.74) is 1.51. The molecule has 0 bridgehead atoms. The molecule has 0 aliphatic heterocycles. The van der Waals surface area contributed by atoms with Gasteiger partial charge in [-0.15, -0.1) is 0 Å². The van der Waals surface area contributed by atoms with E-state index < -0.39 is 0 Å². The van der Waals surface area contributed by atoms with Crippen molar-refractivity contribution in [1.82, 2.24) is 0 Å². The molecule has 0 atom stereocenters. The van der Waals surface area contributed by atoms with E-state index in [2.05, 4.69) is 23.4 Å². The third-order valence-electron chi connectivity index (χ3n) is 5.89. The van der Waals surface area contributed by atoms with Crippen LogP contribution in [0, 0.1) is 0 Å². The van der Waals surface area contributed by atoms with Gasteiger partial charge in [-0.05, 0) is 74.2 Å². The zero-order valence-electron chi connectivity index (χ0n) is 23.4. The highest BCUT2D eigenvalue weighted by Gasteiger charge is 2.00. The summed E-state index contributed by atoms with van der Waals surface area (Å²) in [4.78, 5) is 21.9. The second-order valence-electron chi connectivity index (χ2n) is 9.16. The van der Waals surface area contributed by atoms with Crippen molar-refractivity contribution in [3.8, 4) is 11.5 Å². The molecule has 0 aliphatic carbocycles. The van der Waals surface area contributed by atoms with Crippen LogP contribution in [-0.4, -0.2) is 38.4 Å². The molecule has 8 nitrogen and oxygen atoms in total. The summed E-state index contributed by atoms with van der Waals surface area (Å²) in [6.45, 7) is 8.98. The highest BCUT2D eigenvalue weighted by molar-refractivity contribution is 5.81. The summed E-state index contributed by atoms with van der Waals surface area (Å²) >= 11 is 0. The second kappa shape index (κ2) is 21.0. The summed E-state index contributed by atoms with van der Waals surface area (Å²) in [7, 11) is 0. The van der Waals surface area contributed by atoms with Crippen molar-refractivity contribution < 1.29 is 28.5 Å². The number of benzene rings is 2. The standard InChI is InChI=1S/C32H42N2O6/c1-3-31(35)39-25-13-9-5-7-11-23-37-29-19-15-27(16-20-29)33-34-28-17-21-30(22-18-28)38-24-12-8-6-10-14-26-40-32(36)4-2/h3-4,15-22H,1-2,5-14,23-26H2. The van der Waals surface area contributed by atoms with Crippen molar-refractivity contribution in [2.75, 3.05) is 26.4 Å². The Morgan fingerprint density at radius 2 is 0.850 bits per heavy atom. The van der Waals surface area contributed by atoms with Crippen molar-refractivity contribution >= 4 is 23.3 Å². The van der Waals surface area contributed by atoms with E-state index in [1.54, 1.807) is 0 Å². The van der Waals surface area contributed by atoms with Crippen LogP contribution < -0.4 is 9.47 Å². The number of nitrogens with zero attached hydrogens (tertiary/aromatic N) is 2. The molecule has 0 N–H and O–H groups in total. The molecule has 2 rings (SSSR count). The average Bonchev–Trinajstić information content (AvgIpc) is 2.99. The Morgan fingerprint density at radius 3 is 1.20 bits per heavy atom. The number of rotatable bonds is 22. The van der Waals surface area contributed by atoms with Crippen LogP contribution in [0.4, 0.5) is 11.4 Å². The SMILES string of the molecule is C=CC(=O)OCCCCCCCOc1ccc(N=Nc2ccc(OCCCCCCCOC(=O)C=C)cc2)cc1. The summed E-state index contributed by atoms with van der Waals surface area (Å²) in [5.74, 6) is 0.898. The van der Waals surface area contributed by atoms with Gasteiger partial charge in [-0.25, -0.2) is 9.59 Å². The molecule has 0 radical (unpaired) electrons. The molecule has 0 fully saturated rings. The predicted molar refractivity (Wildman–Crippen MR) is 157 cm³/mol. The van der Waals surface area contributed by atoms with Gasteiger partial charge in [0, 0.05) is 12.2 Å². The van der Waals surface area contributed by atoms with Crippen molar-refractivity contribution in [1.29, 1.82) is 0 Å². The third-order valence-corrected chi connectivity index (χ3v) is 5.89. The maximum Gasteiger partial charge on any atom is 0.330 e. The minimum absolute atomic E-state index is 0.362. The van der Waals surface area contributed by atoms with E-state index in [-0.39, 0.29) is 11.9 Å². The first-order valence-electron chi connectivity index (χ1n) is 14.1. The van der Waals surface area contributed by atoms with Gasteiger partial charge in [0.2, 0.25) is 0 Å². The van der Waals surface area contributed by atoms with Crippen LogP contribution in [0.15, 0.2) is 84.1 Å². The quantitative estimate of drug-likeness (QED) is 0.0634. The molecular weight excluding hydrogens is 508 g/mol. The maximum absolute atomic E-state index is 11.0. The molecule has 0 unspecified atom stereocenters. The topological polar surface area (TPSA) is 95.8 Å². The molecule has 0 amide bonds. The predicted octanol–water partition coefficient (Wildman–Crippen LogP) is 8.22. The van der Waals surface area contributed by atoms with E-state index >= 15 is 0 Å². The molecule has 216 valence electrons. The number of esters is 2. The van der Waals surface area contributed by atoms with Crippen LogP contribution in [0.25, 0.3) is 0 Å². The van der Waals surface area contributed by atoms with Crippen molar-refractivity contribution in [2.24, 2.45) is 10.2 Å².